The molecule has 0 amide bonds. The number of rotatable bonds is 1. The standard InChI is InChI=1S/C14H15ClN2O/c1-18-13-7-10-6-9-4-2-3-5-16-14(9)17-12(10)8-11(13)15/h6-8H,2-5H2,1H3,(H,16,17). The molecular formula is C14H15ClN2O. The maximum Gasteiger partial charge on any atom is 0.138 e. The number of hydrogen-bond donors (Lipinski definition) is 1. The van der Waals surface area contributed by atoms with E-state index in [0.29, 0.717) is 10.8 Å². The van der Waals surface area contributed by atoms with Gasteiger partial charge in [-0.05, 0) is 43.0 Å². The molecular weight excluding hydrogens is 248 g/mol. The van der Waals surface area contributed by atoms with Crippen LogP contribution in [0.1, 0.15) is 18.4 Å². The highest BCUT2D eigenvalue weighted by Gasteiger charge is 2.12. The molecule has 0 atom stereocenters. The van der Waals surface area contributed by atoms with E-state index in [0.717, 1.165) is 29.7 Å². The molecule has 18 heavy (non-hydrogen) atoms. The highest BCUT2D eigenvalue weighted by molar-refractivity contribution is 6.32. The molecule has 0 aliphatic carbocycles. The monoisotopic (exact) mass is 262 g/mol. The second-order valence-electron chi connectivity index (χ2n) is 4.56. The third-order valence-corrected chi connectivity index (χ3v) is 3.63. The van der Waals surface area contributed by atoms with Crippen LogP contribution >= 0.6 is 11.6 Å². The zero-order valence-electron chi connectivity index (χ0n) is 10.3. The first-order chi connectivity index (χ1) is 8.78. The van der Waals surface area contributed by atoms with Crippen molar-refractivity contribution in [3.8, 4) is 5.75 Å². The molecule has 1 aromatic heterocycles. The molecule has 0 spiro atoms. The summed E-state index contributed by atoms with van der Waals surface area (Å²) in [7, 11) is 1.63. The van der Waals surface area contributed by atoms with Crippen molar-refractivity contribution in [3.05, 3.63) is 28.8 Å². The Morgan fingerprint density at radius 1 is 1.28 bits per heavy atom. The fourth-order valence-electron chi connectivity index (χ4n) is 2.37. The third-order valence-electron chi connectivity index (χ3n) is 3.33. The minimum absolute atomic E-state index is 0.603. The number of nitrogens with one attached hydrogen (secondary N) is 1. The van der Waals surface area contributed by atoms with Crippen LogP contribution in [0.5, 0.6) is 5.75 Å². The summed E-state index contributed by atoms with van der Waals surface area (Å²) in [5, 5.41) is 5.06. The van der Waals surface area contributed by atoms with Crippen LogP contribution < -0.4 is 10.1 Å². The first kappa shape index (κ1) is 11.6. The quantitative estimate of drug-likeness (QED) is 0.852. The highest BCUT2D eigenvalue weighted by Crippen LogP contribution is 2.32. The molecule has 1 aliphatic rings. The lowest BCUT2D eigenvalue weighted by molar-refractivity contribution is 0.415. The van der Waals surface area contributed by atoms with E-state index in [1.165, 1.54) is 18.4 Å². The number of hydrogen-bond acceptors (Lipinski definition) is 3. The average Bonchev–Trinajstić information content (AvgIpc) is 2.60. The van der Waals surface area contributed by atoms with Crippen LogP contribution in [0.25, 0.3) is 10.9 Å². The molecule has 2 heterocycles. The number of ether oxygens (including phenoxy) is 1. The van der Waals surface area contributed by atoms with Crippen molar-refractivity contribution < 1.29 is 4.74 Å². The number of aromatic nitrogens is 1. The fourth-order valence-corrected chi connectivity index (χ4v) is 2.60. The smallest absolute Gasteiger partial charge is 0.138 e. The lowest BCUT2D eigenvalue weighted by Crippen LogP contribution is -2.02. The Kier molecular flexibility index (Phi) is 3.00. The number of benzene rings is 1. The van der Waals surface area contributed by atoms with Gasteiger partial charge in [-0.1, -0.05) is 11.6 Å². The lowest BCUT2D eigenvalue weighted by Gasteiger charge is -2.10. The van der Waals surface area contributed by atoms with Gasteiger partial charge < -0.3 is 10.1 Å². The van der Waals surface area contributed by atoms with Gasteiger partial charge in [-0.25, -0.2) is 4.98 Å². The van der Waals surface area contributed by atoms with E-state index < -0.39 is 0 Å². The second kappa shape index (κ2) is 4.65. The number of halogens is 1. The van der Waals surface area contributed by atoms with Gasteiger partial charge in [-0.3, -0.25) is 0 Å². The minimum Gasteiger partial charge on any atom is -0.495 e. The fraction of sp³-hybridized carbons (Fsp3) is 0.357. The Balaban J connectivity index is 2.19. The molecule has 0 radical (unpaired) electrons. The van der Waals surface area contributed by atoms with Crippen molar-refractivity contribution in [2.75, 3.05) is 19.0 Å². The molecule has 1 N–H and O–H groups in total. The molecule has 0 fully saturated rings. The maximum absolute atomic E-state index is 6.13. The summed E-state index contributed by atoms with van der Waals surface area (Å²) in [6, 6.07) is 6.01. The van der Waals surface area contributed by atoms with Crippen LogP contribution in [0.2, 0.25) is 5.02 Å². The zero-order valence-corrected chi connectivity index (χ0v) is 11.0. The molecule has 94 valence electrons. The van der Waals surface area contributed by atoms with E-state index in [9.17, 15) is 0 Å². The average molecular weight is 263 g/mol. The summed E-state index contributed by atoms with van der Waals surface area (Å²) >= 11 is 6.13. The molecule has 0 saturated heterocycles. The summed E-state index contributed by atoms with van der Waals surface area (Å²) in [5.74, 6) is 1.70. The minimum atomic E-state index is 0.603. The van der Waals surface area contributed by atoms with E-state index in [-0.39, 0.29) is 0 Å². The number of methoxy groups -OCH3 is 1. The van der Waals surface area contributed by atoms with Gasteiger partial charge in [0.1, 0.15) is 11.6 Å². The van der Waals surface area contributed by atoms with E-state index in [2.05, 4.69) is 16.4 Å². The number of nitrogens with zero attached hydrogens (tertiary/aromatic N) is 1. The van der Waals surface area contributed by atoms with Crippen LogP contribution in [0.15, 0.2) is 18.2 Å². The Morgan fingerprint density at radius 2 is 2.17 bits per heavy atom. The SMILES string of the molecule is COc1cc2cc3c(nc2cc1Cl)NCCCC3. The van der Waals surface area contributed by atoms with Gasteiger partial charge >= 0.3 is 0 Å². The van der Waals surface area contributed by atoms with E-state index in [4.69, 9.17) is 16.3 Å². The first-order valence-electron chi connectivity index (χ1n) is 6.19. The molecule has 2 aromatic rings. The largest absolute Gasteiger partial charge is 0.495 e. The Morgan fingerprint density at radius 3 is 3.00 bits per heavy atom. The Bertz CT molecular complexity index is 598. The van der Waals surface area contributed by atoms with Crippen molar-refractivity contribution in [1.29, 1.82) is 0 Å². The Hall–Kier alpha value is -1.48. The third kappa shape index (κ3) is 1.99. The summed E-state index contributed by atoms with van der Waals surface area (Å²) in [4.78, 5) is 4.66. The van der Waals surface area contributed by atoms with Gasteiger partial charge in [-0.15, -0.1) is 0 Å². The molecule has 0 bridgehead atoms. The summed E-state index contributed by atoms with van der Waals surface area (Å²) in [6.07, 6.45) is 3.48. The molecule has 0 unspecified atom stereocenters. The summed E-state index contributed by atoms with van der Waals surface area (Å²) in [5.41, 5.74) is 2.19. The molecule has 3 rings (SSSR count). The summed E-state index contributed by atoms with van der Waals surface area (Å²) < 4.78 is 5.25. The van der Waals surface area contributed by atoms with Gasteiger partial charge in [0.05, 0.1) is 17.6 Å². The van der Waals surface area contributed by atoms with Crippen molar-refractivity contribution in [2.45, 2.75) is 19.3 Å². The number of anilines is 1. The van der Waals surface area contributed by atoms with E-state index in [1.54, 1.807) is 7.11 Å². The number of aryl methyl sites for hydroxylation is 1. The van der Waals surface area contributed by atoms with Gasteiger partial charge in [0.25, 0.3) is 0 Å². The van der Waals surface area contributed by atoms with Gasteiger partial charge in [-0.2, -0.15) is 0 Å². The van der Waals surface area contributed by atoms with Crippen LogP contribution in [0.4, 0.5) is 5.82 Å². The van der Waals surface area contributed by atoms with Gasteiger partial charge in [0, 0.05) is 11.9 Å². The van der Waals surface area contributed by atoms with Crippen LogP contribution in [-0.2, 0) is 6.42 Å². The molecule has 1 aliphatic heterocycles. The molecule has 0 saturated carbocycles. The van der Waals surface area contributed by atoms with Gasteiger partial charge in [0.2, 0.25) is 0 Å². The molecule has 3 nitrogen and oxygen atoms in total. The lowest BCUT2D eigenvalue weighted by atomic mass is 10.1. The normalized spacial score (nSPS) is 14.8. The van der Waals surface area contributed by atoms with E-state index >= 15 is 0 Å². The second-order valence-corrected chi connectivity index (χ2v) is 4.97. The highest BCUT2D eigenvalue weighted by atomic mass is 35.5. The van der Waals surface area contributed by atoms with E-state index in [1.807, 2.05) is 12.1 Å². The molecule has 1 aromatic carbocycles. The predicted molar refractivity (Wildman–Crippen MR) is 74.7 cm³/mol. The number of fused-ring (bicyclic) bond motifs is 2. The predicted octanol–water partition coefficient (Wildman–Crippen LogP) is 3.65. The van der Waals surface area contributed by atoms with Crippen molar-refractivity contribution in [1.82, 2.24) is 4.98 Å². The first-order valence-corrected chi connectivity index (χ1v) is 6.57. The summed E-state index contributed by atoms with van der Waals surface area (Å²) in [6.45, 7) is 0.995. The van der Waals surface area contributed by atoms with Crippen LogP contribution in [0.3, 0.4) is 0 Å². The maximum atomic E-state index is 6.13. The van der Waals surface area contributed by atoms with Crippen molar-refractivity contribution >= 4 is 28.3 Å². The Labute approximate surface area is 111 Å². The zero-order chi connectivity index (χ0) is 12.5. The van der Waals surface area contributed by atoms with Crippen LogP contribution in [0, 0.1) is 0 Å². The van der Waals surface area contributed by atoms with Crippen molar-refractivity contribution in [3.63, 3.8) is 0 Å². The number of pyridine rings is 1. The van der Waals surface area contributed by atoms with Gasteiger partial charge in [0.15, 0.2) is 0 Å². The topological polar surface area (TPSA) is 34.1 Å². The molecule has 4 heteroatoms. The van der Waals surface area contributed by atoms with Crippen LogP contribution in [-0.4, -0.2) is 18.6 Å². The van der Waals surface area contributed by atoms with Crippen molar-refractivity contribution in [2.24, 2.45) is 0 Å².